The SMILES string of the molecule is CC(C)C(=O)Oc1c2n(ncc1=O)[C@@H]([C@H](c1cccc(F)c1)c1cccc(F)c1F)[C@H]1CCCN1C2=O. The summed E-state index contributed by atoms with van der Waals surface area (Å²) in [5.41, 5.74) is -0.723. The third-order valence-electron chi connectivity index (χ3n) is 6.95. The van der Waals surface area contributed by atoms with Crippen molar-refractivity contribution >= 4 is 11.9 Å². The topological polar surface area (TPSA) is 81.5 Å². The van der Waals surface area contributed by atoms with E-state index in [1.807, 2.05) is 0 Å². The lowest BCUT2D eigenvalue weighted by molar-refractivity contribution is -0.137. The number of halogens is 3. The van der Waals surface area contributed by atoms with Crippen LogP contribution >= 0.6 is 0 Å². The lowest BCUT2D eigenvalue weighted by Crippen LogP contribution is -2.51. The van der Waals surface area contributed by atoms with Crippen molar-refractivity contribution in [3.05, 3.63) is 93.2 Å². The van der Waals surface area contributed by atoms with E-state index in [-0.39, 0.29) is 11.3 Å². The van der Waals surface area contributed by atoms with Gasteiger partial charge >= 0.3 is 5.97 Å². The van der Waals surface area contributed by atoms with Gasteiger partial charge in [-0.1, -0.05) is 38.1 Å². The molecule has 37 heavy (non-hydrogen) atoms. The highest BCUT2D eigenvalue weighted by Crippen LogP contribution is 2.46. The molecule has 0 saturated carbocycles. The number of ether oxygens (including phenoxy) is 1. The Kier molecular flexibility index (Phi) is 6.35. The first-order valence-electron chi connectivity index (χ1n) is 12.0. The van der Waals surface area contributed by atoms with Crippen LogP contribution < -0.4 is 10.2 Å². The first-order valence-corrected chi connectivity index (χ1v) is 12.0. The van der Waals surface area contributed by atoms with Crippen LogP contribution in [0, 0.1) is 23.4 Å². The average Bonchev–Trinajstić information content (AvgIpc) is 3.35. The van der Waals surface area contributed by atoms with Crippen LogP contribution in [0.1, 0.15) is 60.3 Å². The Morgan fingerprint density at radius 2 is 1.86 bits per heavy atom. The Morgan fingerprint density at radius 1 is 1.11 bits per heavy atom. The molecule has 0 aliphatic carbocycles. The molecule has 192 valence electrons. The zero-order chi connectivity index (χ0) is 26.4. The van der Waals surface area contributed by atoms with E-state index in [2.05, 4.69) is 5.10 Å². The lowest BCUT2D eigenvalue weighted by atomic mass is 9.79. The van der Waals surface area contributed by atoms with Crippen LogP contribution in [-0.2, 0) is 4.79 Å². The van der Waals surface area contributed by atoms with Crippen LogP contribution in [0.2, 0.25) is 0 Å². The zero-order valence-electron chi connectivity index (χ0n) is 20.2. The van der Waals surface area contributed by atoms with Crippen LogP contribution in [-0.4, -0.2) is 39.1 Å². The highest BCUT2D eigenvalue weighted by Gasteiger charge is 2.49. The van der Waals surface area contributed by atoms with Gasteiger partial charge in [0.2, 0.25) is 11.2 Å². The predicted octanol–water partition coefficient (Wildman–Crippen LogP) is 4.21. The number of hydrogen-bond donors (Lipinski definition) is 0. The minimum atomic E-state index is -1.10. The highest BCUT2D eigenvalue weighted by molar-refractivity contribution is 5.97. The predicted molar refractivity (Wildman–Crippen MR) is 127 cm³/mol. The summed E-state index contributed by atoms with van der Waals surface area (Å²) in [7, 11) is 0. The number of fused-ring (bicyclic) bond motifs is 2. The van der Waals surface area contributed by atoms with Crippen LogP contribution in [0.5, 0.6) is 5.75 Å². The minimum Gasteiger partial charge on any atom is -0.420 e. The summed E-state index contributed by atoms with van der Waals surface area (Å²) in [5.74, 6) is -6.05. The van der Waals surface area contributed by atoms with E-state index in [0.29, 0.717) is 24.9 Å². The Balaban J connectivity index is 1.79. The Labute approximate surface area is 210 Å². The molecule has 1 amide bonds. The second-order valence-electron chi connectivity index (χ2n) is 9.58. The molecule has 0 unspecified atom stereocenters. The molecule has 3 aromatic rings. The van der Waals surface area contributed by atoms with Crippen molar-refractivity contribution in [2.45, 2.75) is 44.7 Å². The van der Waals surface area contributed by atoms with E-state index in [1.54, 1.807) is 19.9 Å². The molecule has 2 aliphatic heterocycles. The van der Waals surface area contributed by atoms with E-state index >= 15 is 4.39 Å². The van der Waals surface area contributed by atoms with E-state index < -0.39 is 64.4 Å². The fraction of sp³-hybridized carbons (Fsp3) is 0.333. The standard InChI is InChI=1S/C27H24F3N3O4/c1-14(2)27(36)37-25-20(34)13-31-33-23(19-10-5-11-32(19)26(35)24(25)33)21(15-6-3-7-16(28)12-15)17-8-4-9-18(29)22(17)30/h3-4,6-9,12-14,19,21,23H,5,10-11H2,1-2H3/t19-,21-,23-/m1/s1. The van der Waals surface area contributed by atoms with Crippen molar-refractivity contribution in [1.29, 1.82) is 0 Å². The molecule has 1 aromatic heterocycles. The van der Waals surface area contributed by atoms with Crippen molar-refractivity contribution < 1.29 is 27.5 Å². The summed E-state index contributed by atoms with van der Waals surface area (Å²) in [6.45, 7) is 3.52. The maximum Gasteiger partial charge on any atom is 0.313 e. The average molecular weight is 512 g/mol. The molecule has 1 fully saturated rings. The molecule has 3 atom stereocenters. The number of amides is 1. The first kappa shape index (κ1) is 24.7. The minimum absolute atomic E-state index is 0.0519. The molecule has 3 heterocycles. The van der Waals surface area contributed by atoms with E-state index in [9.17, 15) is 23.2 Å². The summed E-state index contributed by atoms with van der Waals surface area (Å²) < 4.78 is 50.8. The number of carbonyl (C=O) groups is 2. The second kappa shape index (κ2) is 9.49. The van der Waals surface area contributed by atoms with Gasteiger partial charge in [0.1, 0.15) is 5.82 Å². The van der Waals surface area contributed by atoms with Crippen molar-refractivity contribution in [3.8, 4) is 5.75 Å². The first-order chi connectivity index (χ1) is 17.7. The van der Waals surface area contributed by atoms with Crippen LogP contribution in [0.3, 0.4) is 0 Å². The van der Waals surface area contributed by atoms with Crippen LogP contribution in [0.25, 0.3) is 0 Å². The molecule has 10 heteroatoms. The fourth-order valence-corrected chi connectivity index (χ4v) is 5.27. The molecular formula is C27H24F3N3O4. The van der Waals surface area contributed by atoms with Gasteiger partial charge in [0.25, 0.3) is 5.91 Å². The number of rotatable bonds is 5. The van der Waals surface area contributed by atoms with E-state index in [0.717, 1.165) is 12.3 Å². The Bertz CT molecular complexity index is 1460. The molecule has 2 aromatic carbocycles. The number of esters is 1. The van der Waals surface area contributed by atoms with Gasteiger partial charge in [-0.25, -0.2) is 17.9 Å². The molecule has 0 radical (unpaired) electrons. The molecule has 5 rings (SSSR count). The van der Waals surface area contributed by atoms with Crippen molar-refractivity contribution in [1.82, 2.24) is 14.7 Å². The maximum atomic E-state index is 15.3. The van der Waals surface area contributed by atoms with Gasteiger partial charge in [0.05, 0.1) is 24.2 Å². The number of benzene rings is 2. The molecule has 0 N–H and O–H groups in total. The summed E-state index contributed by atoms with van der Waals surface area (Å²) in [6, 6.07) is 7.90. The summed E-state index contributed by atoms with van der Waals surface area (Å²) in [4.78, 5) is 40.3. The third kappa shape index (κ3) is 4.20. The third-order valence-corrected chi connectivity index (χ3v) is 6.95. The monoisotopic (exact) mass is 511 g/mol. The molecule has 1 saturated heterocycles. The van der Waals surface area contributed by atoms with Crippen LogP contribution in [0.15, 0.2) is 53.5 Å². The van der Waals surface area contributed by atoms with Crippen molar-refractivity contribution in [3.63, 3.8) is 0 Å². The Morgan fingerprint density at radius 3 is 2.59 bits per heavy atom. The normalized spacial score (nSPS) is 19.5. The number of hydrogen-bond acceptors (Lipinski definition) is 5. The summed E-state index contributed by atoms with van der Waals surface area (Å²) >= 11 is 0. The van der Waals surface area contributed by atoms with Gasteiger partial charge in [-0.05, 0) is 36.6 Å². The lowest BCUT2D eigenvalue weighted by Gasteiger charge is -2.42. The van der Waals surface area contributed by atoms with Gasteiger partial charge in [0.15, 0.2) is 17.3 Å². The Hall–Kier alpha value is -3.95. The van der Waals surface area contributed by atoms with E-state index in [4.69, 9.17) is 4.74 Å². The largest absolute Gasteiger partial charge is 0.420 e. The number of aromatic nitrogens is 2. The molecule has 7 nitrogen and oxygen atoms in total. The fourth-order valence-electron chi connectivity index (χ4n) is 5.27. The molecule has 0 spiro atoms. The summed E-state index contributed by atoms with van der Waals surface area (Å²) in [5, 5.41) is 4.23. The van der Waals surface area contributed by atoms with Crippen LogP contribution in [0.4, 0.5) is 13.2 Å². The highest BCUT2D eigenvalue weighted by atomic mass is 19.2. The number of nitrogens with zero attached hydrogens (tertiary/aromatic N) is 3. The molecule has 2 aliphatic rings. The van der Waals surface area contributed by atoms with Gasteiger partial charge in [0, 0.05) is 18.0 Å². The summed E-state index contributed by atoms with van der Waals surface area (Å²) in [6.07, 6.45) is 2.07. The van der Waals surface area contributed by atoms with E-state index in [1.165, 1.54) is 39.9 Å². The second-order valence-corrected chi connectivity index (χ2v) is 9.58. The zero-order valence-corrected chi connectivity index (χ0v) is 20.2. The van der Waals surface area contributed by atoms with Crippen molar-refractivity contribution in [2.24, 2.45) is 5.92 Å². The maximum absolute atomic E-state index is 15.3. The van der Waals surface area contributed by atoms with Gasteiger partial charge < -0.3 is 9.64 Å². The van der Waals surface area contributed by atoms with Gasteiger partial charge in [-0.3, -0.25) is 14.4 Å². The number of carbonyl (C=O) groups excluding carboxylic acids is 2. The molecular weight excluding hydrogens is 487 g/mol. The van der Waals surface area contributed by atoms with Crippen molar-refractivity contribution in [2.75, 3.05) is 6.54 Å². The van der Waals surface area contributed by atoms with Gasteiger partial charge in [-0.15, -0.1) is 0 Å². The van der Waals surface area contributed by atoms with Gasteiger partial charge in [-0.2, -0.15) is 5.10 Å². The smallest absolute Gasteiger partial charge is 0.313 e. The molecule has 0 bridgehead atoms. The quantitative estimate of drug-likeness (QED) is 0.480.